The van der Waals surface area contributed by atoms with E-state index in [0.29, 0.717) is 41.0 Å². The van der Waals surface area contributed by atoms with Crippen molar-refractivity contribution in [1.29, 1.82) is 0 Å². The Bertz CT molecular complexity index is 1150. The molecule has 2 aromatic heterocycles. The van der Waals surface area contributed by atoms with Crippen LogP contribution in [0.15, 0.2) is 46.0 Å². The van der Waals surface area contributed by atoms with Gasteiger partial charge in [0.1, 0.15) is 29.1 Å². The molecule has 0 bridgehead atoms. The molecule has 5 rings (SSSR count). The molecule has 1 atom stereocenters. The van der Waals surface area contributed by atoms with E-state index in [2.05, 4.69) is 5.32 Å². The van der Waals surface area contributed by atoms with Crippen LogP contribution in [0.1, 0.15) is 36.8 Å². The van der Waals surface area contributed by atoms with Gasteiger partial charge in [0, 0.05) is 29.3 Å². The predicted octanol–water partition coefficient (Wildman–Crippen LogP) is 3.89. The van der Waals surface area contributed by atoms with E-state index in [1.807, 2.05) is 31.2 Å². The summed E-state index contributed by atoms with van der Waals surface area (Å²) in [6.45, 7) is 1.89. The summed E-state index contributed by atoms with van der Waals surface area (Å²) in [6, 6.07) is 8.87. The van der Waals surface area contributed by atoms with Crippen molar-refractivity contribution in [3.63, 3.8) is 0 Å². The number of fused-ring (bicyclic) bond motifs is 1. The van der Waals surface area contributed by atoms with Crippen LogP contribution in [0, 0.1) is 6.92 Å². The van der Waals surface area contributed by atoms with Crippen molar-refractivity contribution in [3.8, 4) is 22.9 Å². The van der Waals surface area contributed by atoms with Crippen molar-refractivity contribution in [2.45, 2.75) is 32.2 Å². The van der Waals surface area contributed by atoms with Crippen LogP contribution >= 0.6 is 0 Å². The molecule has 3 heterocycles. The van der Waals surface area contributed by atoms with Gasteiger partial charge in [-0.1, -0.05) is 0 Å². The van der Waals surface area contributed by atoms with Crippen LogP contribution < -0.4 is 14.8 Å². The van der Waals surface area contributed by atoms with Crippen molar-refractivity contribution < 1.29 is 18.7 Å². The maximum Gasteiger partial charge on any atom is 0.227 e. The molecule has 3 aromatic rings. The average Bonchev–Trinajstić information content (AvgIpc) is 3.38. The zero-order valence-corrected chi connectivity index (χ0v) is 17.1. The number of anilines is 1. The summed E-state index contributed by atoms with van der Waals surface area (Å²) in [6.07, 6.45) is 2.15. The maximum atomic E-state index is 12.8. The molecule has 1 aliphatic heterocycles. The van der Waals surface area contributed by atoms with E-state index in [0.717, 1.165) is 29.9 Å². The molecule has 0 fully saturated rings. The summed E-state index contributed by atoms with van der Waals surface area (Å²) in [5.41, 5.74) is 2.37. The first kappa shape index (κ1) is 18.5. The third-order valence-corrected chi connectivity index (χ3v) is 5.51. The van der Waals surface area contributed by atoms with E-state index in [1.165, 1.54) is 0 Å². The van der Waals surface area contributed by atoms with E-state index in [-0.39, 0.29) is 5.78 Å². The molecule has 1 N–H and O–H groups in total. The Hall–Kier alpha value is -3.55. The summed E-state index contributed by atoms with van der Waals surface area (Å²) in [4.78, 5) is 17.6. The Balaban J connectivity index is 1.65. The van der Waals surface area contributed by atoms with Crippen molar-refractivity contribution in [2.75, 3.05) is 19.5 Å². The van der Waals surface area contributed by atoms with Crippen molar-refractivity contribution in [3.05, 3.63) is 53.1 Å². The molecule has 154 valence electrons. The molecule has 1 unspecified atom stereocenters. The van der Waals surface area contributed by atoms with Gasteiger partial charge in [-0.2, -0.15) is 4.98 Å². The van der Waals surface area contributed by atoms with Gasteiger partial charge in [-0.05, 0) is 44.0 Å². The second kappa shape index (κ2) is 7.05. The largest absolute Gasteiger partial charge is 0.497 e. The van der Waals surface area contributed by atoms with E-state index >= 15 is 0 Å². The highest BCUT2D eigenvalue weighted by Crippen LogP contribution is 2.41. The lowest BCUT2D eigenvalue weighted by molar-refractivity contribution is -0.116. The van der Waals surface area contributed by atoms with E-state index < -0.39 is 6.04 Å². The quantitative estimate of drug-likeness (QED) is 0.703. The average molecular weight is 406 g/mol. The van der Waals surface area contributed by atoms with E-state index in [1.54, 1.807) is 25.0 Å². The number of allylic oxidation sites excluding steroid dienone is 2. The van der Waals surface area contributed by atoms with Crippen LogP contribution in [-0.4, -0.2) is 34.8 Å². The number of Topliss-reactive ketones (excluding diaryl/α,β-unsaturated/α-hetero) is 1. The molecule has 1 aromatic carbocycles. The fourth-order valence-electron chi connectivity index (χ4n) is 4.08. The zero-order valence-electron chi connectivity index (χ0n) is 17.1. The first-order valence-electron chi connectivity index (χ1n) is 9.87. The Kier molecular flexibility index (Phi) is 4.34. The number of aryl methyl sites for hydroxylation is 1. The van der Waals surface area contributed by atoms with Gasteiger partial charge < -0.3 is 19.2 Å². The molecule has 0 amide bonds. The number of rotatable bonds is 4. The zero-order chi connectivity index (χ0) is 20.8. The highest BCUT2D eigenvalue weighted by molar-refractivity contribution is 5.99. The van der Waals surface area contributed by atoms with Gasteiger partial charge in [-0.25, -0.2) is 4.68 Å². The number of hydrogen-bond acceptors (Lipinski definition) is 7. The number of carbonyl (C=O) groups is 1. The molecule has 8 heteroatoms. The Morgan fingerprint density at radius 3 is 2.57 bits per heavy atom. The Labute approximate surface area is 173 Å². The van der Waals surface area contributed by atoms with Crippen LogP contribution in [0.4, 0.5) is 5.95 Å². The lowest BCUT2D eigenvalue weighted by Crippen LogP contribution is -2.31. The van der Waals surface area contributed by atoms with Gasteiger partial charge >= 0.3 is 0 Å². The lowest BCUT2D eigenvalue weighted by Gasteiger charge is -2.30. The minimum absolute atomic E-state index is 0.119. The number of methoxy groups -OCH3 is 2. The van der Waals surface area contributed by atoms with Gasteiger partial charge in [0.05, 0.1) is 14.2 Å². The van der Waals surface area contributed by atoms with Crippen LogP contribution in [0.25, 0.3) is 11.4 Å². The molecule has 0 saturated heterocycles. The van der Waals surface area contributed by atoms with Gasteiger partial charge in [0.25, 0.3) is 0 Å². The van der Waals surface area contributed by atoms with Gasteiger partial charge in [-0.15, -0.1) is 5.10 Å². The predicted molar refractivity (Wildman–Crippen MR) is 110 cm³/mol. The Morgan fingerprint density at radius 2 is 1.90 bits per heavy atom. The number of ketones is 1. The second-order valence-electron chi connectivity index (χ2n) is 7.45. The summed E-state index contributed by atoms with van der Waals surface area (Å²) in [7, 11) is 3.20. The number of carbonyl (C=O) groups excluding carboxylic acids is 1. The third-order valence-electron chi connectivity index (χ3n) is 5.51. The maximum absolute atomic E-state index is 12.8. The molecule has 2 aliphatic rings. The Morgan fingerprint density at radius 1 is 1.13 bits per heavy atom. The van der Waals surface area contributed by atoms with Crippen molar-refractivity contribution >= 4 is 11.7 Å². The molecule has 1 aliphatic carbocycles. The summed E-state index contributed by atoms with van der Waals surface area (Å²) in [5, 5.41) is 8.08. The fraction of sp³-hybridized carbons (Fsp3) is 0.318. The van der Waals surface area contributed by atoms with E-state index in [9.17, 15) is 4.79 Å². The van der Waals surface area contributed by atoms with Crippen LogP contribution in [0.2, 0.25) is 0 Å². The number of nitrogens with zero attached hydrogens (tertiary/aromatic N) is 3. The van der Waals surface area contributed by atoms with Crippen molar-refractivity contribution in [1.82, 2.24) is 14.8 Å². The summed E-state index contributed by atoms with van der Waals surface area (Å²) >= 11 is 0. The molecular weight excluding hydrogens is 384 g/mol. The highest BCUT2D eigenvalue weighted by Gasteiger charge is 2.38. The monoisotopic (exact) mass is 406 g/mol. The topological polar surface area (TPSA) is 91.4 Å². The smallest absolute Gasteiger partial charge is 0.227 e. The molecule has 0 saturated carbocycles. The number of hydrogen-bond donors (Lipinski definition) is 1. The SMILES string of the molecule is COc1cc(OC)cc(-c2nc3n(n2)C(c2ccc(C)o2)C2=C(CCCC2=O)N3)c1. The van der Waals surface area contributed by atoms with E-state index in [4.69, 9.17) is 24.0 Å². The third kappa shape index (κ3) is 2.96. The highest BCUT2D eigenvalue weighted by atomic mass is 16.5. The van der Waals surface area contributed by atoms with Crippen LogP contribution in [-0.2, 0) is 4.79 Å². The van der Waals surface area contributed by atoms with Gasteiger partial charge in [0.15, 0.2) is 11.6 Å². The first-order chi connectivity index (χ1) is 14.6. The number of benzene rings is 1. The van der Waals surface area contributed by atoms with Gasteiger partial charge in [0.2, 0.25) is 5.95 Å². The molecule has 8 nitrogen and oxygen atoms in total. The lowest BCUT2D eigenvalue weighted by atomic mass is 9.88. The molecule has 30 heavy (non-hydrogen) atoms. The number of nitrogens with one attached hydrogen (secondary N) is 1. The summed E-state index contributed by atoms with van der Waals surface area (Å²) < 4.78 is 18.4. The second-order valence-corrected chi connectivity index (χ2v) is 7.45. The molecule has 0 radical (unpaired) electrons. The number of ether oxygens (including phenoxy) is 2. The standard InChI is InChI=1S/C22H22N4O4/c1-12-7-8-18(30-12)20-19-16(5-4-6-17(19)27)23-22-24-21(25-26(20)22)13-9-14(28-2)11-15(10-13)29-3/h7-11,20H,4-6H2,1-3H3,(H,23,24,25). The van der Waals surface area contributed by atoms with Crippen LogP contribution in [0.5, 0.6) is 11.5 Å². The fourth-order valence-corrected chi connectivity index (χ4v) is 4.08. The normalized spacial score (nSPS) is 18.0. The minimum Gasteiger partial charge on any atom is -0.497 e. The summed E-state index contributed by atoms with van der Waals surface area (Å²) in [5.74, 6) is 3.97. The number of aromatic nitrogens is 3. The molecule has 0 spiro atoms. The van der Waals surface area contributed by atoms with Gasteiger partial charge in [-0.3, -0.25) is 4.79 Å². The first-order valence-corrected chi connectivity index (χ1v) is 9.87. The molecular formula is C22H22N4O4. The number of furan rings is 1. The van der Waals surface area contributed by atoms with Crippen molar-refractivity contribution in [2.24, 2.45) is 0 Å². The minimum atomic E-state index is -0.438. The van der Waals surface area contributed by atoms with Crippen LogP contribution in [0.3, 0.4) is 0 Å².